The Balaban J connectivity index is 1.99. The zero-order valence-corrected chi connectivity index (χ0v) is 9.46. The Morgan fingerprint density at radius 3 is 2.80 bits per heavy atom. The maximum Gasteiger partial charge on any atom is 0.120 e. The lowest BCUT2D eigenvalue weighted by Gasteiger charge is -2.15. The Morgan fingerprint density at radius 2 is 2.20 bits per heavy atom. The van der Waals surface area contributed by atoms with Crippen molar-refractivity contribution in [2.24, 2.45) is 5.92 Å². The monoisotopic (exact) mass is 205 g/mol. The maximum absolute atomic E-state index is 9.80. The molecule has 15 heavy (non-hydrogen) atoms. The number of rotatable bonds is 4. The Morgan fingerprint density at radius 1 is 1.47 bits per heavy atom. The number of hydrogen-bond acceptors (Lipinski definition) is 2. The Hall–Kier alpha value is -1.02. The van der Waals surface area contributed by atoms with Crippen LogP contribution in [-0.4, -0.2) is 11.7 Å². The number of phenols is 1. The highest BCUT2D eigenvalue weighted by Gasteiger charge is 2.22. The summed E-state index contributed by atoms with van der Waals surface area (Å²) < 4.78 is 0. The molecule has 0 bridgehead atoms. The molecule has 1 atom stereocenters. The molecule has 82 valence electrons. The molecule has 1 aliphatic rings. The van der Waals surface area contributed by atoms with Crippen LogP contribution in [0, 0.1) is 12.8 Å². The molecule has 0 radical (unpaired) electrons. The quantitative estimate of drug-likeness (QED) is 0.792. The second kappa shape index (κ2) is 4.23. The maximum atomic E-state index is 9.80. The molecule has 1 saturated carbocycles. The van der Waals surface area contributed by atoms with Gasteiger partial charge in [-0.05, 0) is 50.8 Å². The van der Waals surface area contributed by atoms with Crippen LogP contribution in [-0.2, 0) is 0 Å². The molecule has 0 heterocycles. The van der Waals surface area contributed by atoms with Gasteiger partial charge in [0.25, 0.3) is 0 Å². The lowest BCUT2D eigenvalue weighted by atomic mass is 10.0. The SMILES string of the molecule is Cc1ccc(C(C)NCC2CC2)c(O)c1. The molecule has 2 rings (SSSR count). The average Bonchev–Trinajstić information content (AvgIpc) is 2.97. The summed E-state index contributed by atoms with van der Waals surface area (Å²) in [5.74, 6) is 1.28. The Labute approximate surface area is 91.3 Å². The fourth-order valence-electron chi connectivity index (χ4n) is 1.80. The zero-order valence-electron chi connectivity index (χ0n) is 9.46. The van der Waals surface area contributed by atoms with E-state index in [2.05, 4.69) is 12.2 Å². The van der Waals surface area contributed by atoms with Crippen LogP contribution in [0.4, 0.5) is 0 Å². The van der Waals surface area contributed by atoms with Gasteiger partial charge in [-0.3, -0.25) is 0 Å². The summed E-state index contributed by atoms with van der Waals surface area (Å²) in [5.41, 5.74) is 2.10. The van der Waals surface area contributed by atoms with Crippen molar-refractivity contribution >= 4 is 0 Å². The van der Waals surface area contributed by atoms with Crippen LogP contribution >= 0.6 is 0 Å². The van der Waals surface area contributed by atoms with Gasteiger partial charge in [0.05, 0.1) is 0 Å². The second-order valence-electron chi connectivity index (χ2n) is 4.64. The van der Waals surface area contributed by atoms with E-state index < -0.39 is 0 Å². The number of nitrogens with one attached hydrogen (secondary N) is 1. The molecule has 1 aromatic carbocycles. The van der Waals surface area contributed by atoms with Crippen LogP contribution in [0.2, 0.25) is 0 Å². The summed E-state index contributed by atoms with van der Waals surface area (Å²) in [6.45, 7) is 5.17. The van der Waals surface area contributed by atoms with Crippen LogP contribution in [0.3, 0.4) is 0 Å². The average molecular weight is 205 g/mol. The van der Waals surface area contributed by atoms with Crippen molar-refractivity contribution in [2.75, 3.05) is 6.54 Å². The number of aryl methyl sites for hydroxylation is 1. The molecule has 1 aromatic rings. The highest BCUT2D eigenvalue weighted by Crippen LogP contribution is 2.30. The molecule has 0 spiro atoms. The van der Waals surface area contributed by atoms with E-state index in [1.165, 1.54) is 12.8 Å². The van der Waals surface area contributed by atoms with Crippen LogP contribution in [0.1, 0.15) is 36.9 Å². The predicted octanol–water partition coefficient (Wildman–Crippen LogP) is 2.76. The topological polar surface area (TPSA) is 32.3 Å². The summed E-state index contributed by atoms with van der Waals surface area (Å²) in [6.07, 6.45) is 2.72. The van der Waals surface area contributed by atoms with Gasteiger partial charge in [0.15, 0.2) is 0 Å². The molecular formula is C13H19NO. The number of phenolic OH excluding ortho intramolecular Hbond substituents is 1. The number of benzene rings is 1. The van der Waals surface area contributed by atoms with E-state index in [-0.39, 0.29) is 6.04 Å². The van der Waals surface area contributed by atoms with Crippen molar-refractivity contribution in [3.8, 4) is 5.75 Å². The van der Waals surface area contributed by atoms with Crippen LogP contribution in [0.15, 0.2) is 18.2 Å². The van der Waals surface area contributed by atoms with Gasteiger partial charge in [-0.15, -0.1) is 0 Å². The molecule has 0 amide bonds. The largest absolute Gasteiger partial charge is 0.508 e. The van der Waals surface area contributed by atoms with Crippen molar-refractivity contribution in [3.05, 3.63) is 29.3 Å². The van der Waals surface area contributed by atoms with Gasteiger partial charge in [-0.25, -0.2) is 0 Å². The molecule has 0 aliphatic heterocycles. The van der Waals surface area contributed by atoms with Crippen molar-refractivity contribution in [1.82, 2.24) is 5.32 Å². The van der Waals surface area contributed by atoms with Crippen molar-refractivity contribution in [1.29, 1.82) is 0 Å². The first kappa shape index (κ1) is 10.5. The highest BCUT2D eigenvalue weighted by molar-refractivity contribution is 5.37. The van der Waals surface area contributed by atoms with Crippen molar-refractivity contribution < 1.29 is 5.11 Å². The lowest BCUT2D eigenvalue weighted by Crippen LogP contribution is -2.21. The van der Waals surface area contributed by atoms with Crippen LogP contribution in [0.5, 0.6) is 5.75 Å². The van der Waals surface area contributed by atoms with E-state index in [0.29, 0.717) is 5.75 Å². The minimum atomic E-state index is 0.242. The molecule has 2 N–H and O–H groups in total. The van der Waals surface area contributed by atoms with E-state index in [1.54, 1.807) is 0 Å². The molecule has 2 heteroatoms. The predicted molar refractivity (Wildman–Crippen MR) is 62.0 cm³/mol. The van der Waals surface area contributed by atoms with E-state index in [9.17, 15) is 5.11 Å². The third-order valence-corrected chi connectivity index (χ3v) is 3.06. The third kappa shape index (κ3) is 2.72. The molecule has 0 saturated heterocycles. The van der Waals surface area contributed by atoms with Crippen LogP contribution < -0.4 is 5.32 Å². The summed E-state index contributed by atoms with van der Waals surface area (Å²) in [6, 6.07) is 6.12. The summed E-state index contributed by atoms with van der Waals surface area (Å²) in [5, 5.41) is 13.3. The molecule has 1 fully saturated rings. The first-order valence-corrected chi connectivity index (χ1v) is 5.69. The van der Waals surface area contributed by atoms with E-state index in [0.717, 1.165) is 23.6 Å². The zero-order chi connectivity index (χ0) is 10.8. The van der Waals surface area contributed by atoms with Gasteiger partial charge in [-0.1, -0.05) is 12.1 Å². The minimum absolute atomic E-state index is 0.242. The van der Waals surface area contributed by atoms with Crippen molar-refractivity contribution in [3.63, 3.8) is 0 Å². The Bertz CT molecular complexity index is 344. The summed E-state index contributed by atoms with van der Waals surface area (Å²) >= 11 is 0. The Kier molecular flexibility index (Phi) is 2.96. The smallest absolute Gasteiger partial charge is 0.120 e. The first-order valence-electron chi connectivity index (χ1n) is 5.69. The fraction of sp³-hybridized carbons (Fsp3) is 0.538. The highest BCUT2D eigenvalue weighted by atomic mass is 16.3. The third-order valence-electron chi connectivity index (χ3n) is 3.06. The molecule has 0 aromatic heterocycles. The number of hydrogen-bond donors (Lipinski definition) is 2. The minimum Gasteiger partial charge on any atom is -0.508 e. The standard InChI is InChI=1S/C13H19NO/c1-9-3-6-12(13(15)7-9)10(2)14-8-11-4-5-11/h3,6-7,10-11,14-15H,4-5,8H2,1-2H3. The van der Waals surface area contributed by atoms with E-state index in [1.807, 2.05) is 25.1 Å². The van der Waals surface area contributed by atoms with Gasteiger partial charge in [0, 0.05) is 11.6 Å². The lowest BCUT2D eigenvalue weighted by molar-refractivity contribution is 0.450. The van der Waals surface area contributed by atoms with Gasteiger partial charge >= 0.3 is 0 Å². The first-order chi connectivity index (χ1) is 7.16. The molecule has 2 nitrogen and oxygen atoms in total. The van der Waals surface area contributed by atoms with Gasteiger partial charge < -0.3 is 10.4 Å². The van der Waals surface area contributed by atoms with Crippen LogP contribution in [0.25, 0.3) is 0 Å². The summed E-state index contributed by atoms with van der Waals surface area (Å²) in [7, 11) is 0. The normalized spacial score (nSPS) is 17.7. The fourth-order valence-corrected chi connectivity index (χ4v) is 1.80. The van der Waals surface area contributed by atoms with Gasteiger partial charge in [0.2, 0.25) is 0 Å². The molecule has 1 aliphatic carbocycles. The second-order valence-corrected chi connectivity index (χ2v) is 4.64. The van der Waals surface area contributed by atoms with E-state index >= 15 is 0 Å². The van der Waals surface area contributed by atoms with E-state index in [4.69, 9.17) is 0 Å². The molecule has 1 unspecified atom stereocenters. The van der Waals surface area contributed by atoms with Crippen molar-refractivity contribution in [2.45, 2.75) is 32.7 Å². The van der Waals surface area contributed by atoms with Gasteiger partial charge in [0.1, 0.15) is 5.75 Å². The molecular weight excluding hydrogens is 186 g/mol. The summed E-state index contributed by atoms with van der Waals surface area (Å²) in [4.78, 5) is 0. The van der Waals surface area contributed by atoms with Gasteiger partial charge in [-0.2, -0.15) is 0 Å². The number of aromatic hydroxyl groups is 1.